The number of nitrogens with one attached hydrogen (secondary N) is 1. The third-order valence-corrected chi connectivity index (χ3v) is 3.28. The fourth-order valence-electron chi connectivity index (χ4n) is 1.41. The van der Waals surface area contributed by atoms with Crippen LogP contribution in [0.3, 0.4) is 0 Å². The smallest absolute Gasteiger partial charge is 0.235 e. The highest BCUT2D eigenvalue weighted by molar-refractivity contribution is 14.1. The van der Waals surface area contributed by atoms with E-state index in [1.165, 1.54) is 18.2 Å². The van der Waals surface area contributed by atoms with Gasteiger partial charge in [0.1, 0.15) is 5.82 Å². The predicted molar refractivity (Wildman–Crippen MR) is 74.9 cm³/mol. The molecule has 0 aliphatic rings. The van der Waals surface area contributed by atoms with Crippen LogP contribution in [0.2, 0.25) is 0 Å². The second-order valence-corrected chi connectivity index (χ2v) is 4.76. The van der Waals surface area contributed by atoms with Gasteiger partial charge in [-0.05, 0) is 47.2 Å². The van der Waals surface area contributed by atoms with E-state index in [-0.39, 0.29) is 11.7 Å². The first-order valence-electron chi connectivity index (χ1n) is 5.23. The number of hydrogen-bond acceptors (Lipinski definition) is 3. The van der Waals surface area contributed by atoms with E-state index in [9.17, 15) is 9.18 Å². The average molecular weight is 365 g/mol. The maximum atomic E-state index is 12.9. The molecule has 0 bridgehead atoms. The summed E-state index contributed by atoms with van der Waals surface area (Å²) >= 11 is 1.92. The monoisotopic (exact) mass is 365 g/mol. The van der Waals surface area contributed by atoms with Gasteiger partial charge < -0.3 is 16.3 Å². The van der Waals surface area contributed by atoms with Gasteiger partial charge in [-0.1, -0.05) is 12.1 Å². The van der Waals surface area contributed by atoms with Gasteiger partial charge in [-0.3, -0.25) is 4.79 Å². The summed E-state index contributed by atoms with van der Waals surface area (Å²) in [6, 6.07) is 4.02. The molecule has 0 fully saturated rings. The lowest BCUT2D eigenvalue weighted by Gasteiger charge is -2.14. The molecule has 0 saturated carbocycles. The molecule has 0 aromatic heterocycles. The van der Waals surface area contributed by atoms with Gasteiger partial charge >= 0.3 is 0 Å². The molecule has 0 heterocycles. The first-order chi connectivity index (χ1) is 8.49. The lowest BCUT2D eigenvalue weighted by molar-refractivity contribution is -0.118. The SMILES string of the molecule is CCC(C(=O)Nc1ccc(F)cc1I)C(N)=NO. The van der Waals surface area contributed by atoms with Crippen LogP contribution in [0, 0.1) is 15.3 Å². The molecule has 1 rings (SSSR count). The van der Waals surface area contributed by atoms with Crippen LogP contribution in [-0.2, 0) is 4.79 Å². The third kappa shape index (κ3) is 3.56. The molecule has 18 heavy (non-hydrogen) atoms. The Labute approximate surface area is 117 Å². The van der Waals surface area contributed by atoms with Crippen molar-refractivity contribution in [2.75, 3.05) is 5.32 Å². The maximum absolute atomic E-state index is 12.9. The number of anilines is 1. The molecule has 0 aliphatic heterocycles. The summed E-state index contributed by atoms with van der Waals surface area (Å²) in [4.78, 5) is 11.9. The van der Waals surface area contributed by atoms with Crippen LogP contribution >= 0.6 is 22.6 Å². The van der Waals surface area contributed by atoms with Gasteiger partial charge in [0.15, 0.2) is 5.84 Å². The molecule has 7 heteroatoms. The lowest BCUT2D eigenvalue weighted by Crippen LogP contribution is -2.34. The van der Waals surface area contributed by atoms with Gasteiger partial charge in [-0.25, -0.2) is 4.39 Å². The molecule has 5 nitrogen and oxygen atoms in total. The standard InChI is InChI=1S/C11H13FIN3O2/c1-2-7(10(14)16-18)11(17)15-9-4-3-6(12)5-8(9)13/h3-5,7,18H,2H2,1H3,(H2,14,16)(H,15,17). The summed E-state index contributed by atoms with van der Waals surface area (Å²) in [5.74, 6) is -1.62. The summed E-state index contributed by atoms with van der Waals surface area (Å²) in [6.07, 6.45) is 0.402. The van der Waals surface area contributed by atoms with Gasteiger partial charge in [0, 0.05) is 3.57 Å². The van der Waals surface area contributed by atoms with E-state index in [1.54, 1.807) is 6.92 Å². The number of halogens is 2. The zero-order chi connectivity index (χ0) is 13.7. The van der Waals surface area contributed by atoms with E-state index < -0.39 is 11.8 Å². The molecule has 0 saturated heterocycles. The number of carbonyl (C=O) groups is 1. The molecular formula is C11H13FIN3O2. The van der Waals surface area contributed by atoms with Gasteiger partial charge in [-0.15, -0.1) is 0 Å². The van der Waals surface area contributed by atoms with Crippen LogP contribution in [0.15, 0.2) is 23.4 Å². The quantitative estimate of drug-likeness (QED) is 0.251. The average Bonchev–Trinajstić information content (AvgIpc) is 2.33. The summed E-state index contributed by atoms with van der Waals surface area (Å²) in [7, 11) is 0. The molecule has 0 radical (unpaired) electrons. The van der Waals surface area contributed by atoms with E-state index >= 15 is 0 Å². The minimum atomic E-state index is -0.712. The van der Waals surface area contributed by atoms with Gasteiger partial charge in [-0.2, -0.15) is 0 Å². The van der Waals surface area contributed by atoms with Crippen molar-refractivity contribution < 1.29 is 14.4 Å². The number of hydrogen-bond donors (Lipinski definition) is 3. The number of amides is 1. The van der Waals surface area contributed by atoms with Crippen molar-refractivity contribution in [1.82, 2.24) is 0 Å². The van der Waals surface area contributed by atoms with E-state index in [1.807, 2.05) is 22.6 Å². The van der Waals surface area contributed by atoms with Gasteiger partial charge in [0.05, 0.1) is 11.6 Å². The zero-order valence-electron chi connectivity index (χ0n) is 9.65. The molecule has 98 valence electrons. The van der Waals surface area contributed by atoms with Crippen molar-refractivity contribution in [2.45, 2.75) is 13.3 Å². The van der Waals surface area contributed by atoms with Gasteiger partial charge in [0.25, 0.3) is 0 Å². The van der Waals surface area contributed by atoms with Crippen molar-refractivity contribution in [3.8, 4) is 0 Å². The Hall–Kier alpha value is -1.38. The molecule has 1 atom stereocenters. The first kappa shape index (κ1) is 14.7. The fourth-order valence-corrected chi connectivity index (χ4v) is 2.02. The minimum Gasteiger partial charge on any atom is -0.409 e. The van der Waals surface area contributed by atoms with Crippen LogP contribution in [0.4, 0.5) is 10.1 Å². The Morgan fingerprint density at radius 3 is 2.83 bits per heavy atom. The highest BCUT2D eigenvalue weighted by Crippen LogP contribution is 2.20. The highest BCUT2D eigenvalue weighted by Gasteiger charge is 2.21. The fraction of sp³-hybridized carbons (Fsp3) is 0.273. The molecule has 1 amide bonds. The Kier molecular flexibility index (Phi) is 5.32. The zero-order valence-corrected chi connectivity index (χ0v) is 11.8. The van der Waals surface area contributed by atoms with Crippen molar-refractivity contribution in [2.24, 2.45) is 16.8 Å². The molecular weight excluding hydrogens is 352 g/mol. The van der Waals surface area contributed by atoms with E-state index in [0.29, 0.717) is 15.7 Å². The molecule has 1 unspecified atom stereocenters. The number of nitrogens with zero attached hydrogens (tertiary/aromatic N) is 1. The molecule has 1 aromatic rings. The summed E-state index contributed by atoms with van der Waals surface area (Å²) in [5.41, 5.74) is 5.91. The maximum Gasteiger partial charge on any atom is 0.235 e. The van der Waals surface area contributed by atoms with Crippen LogP contribution in [0.5, 0.6) is 0 Å². The predicted octanol–water partition coefficient (Wildman–Crippen LogP) is 2.14. The summed E-state index contributed by atoms with van der Waals surface area (Å²) in [6.45, 7) is 1.75. The number of carbonyl (C=O) groups excluding carboxylic acids is 1. The Bertz CT molecular complexity index is 479. The largest absolute Gasteiger partial charge is 0.409 e. The second kappa shape index (κ2) is 6.53. The number of nitrogens with two attached hydrogens (primary N) is 1. The van der Waals surface area contributed by atoms with E-state index in [0.717, 1.165) is 0 Å². The highest BCUT2D eigenvalue weighted by atomic mass is 127. The van der Waals surface area contributed by atoms with Crippen LogP contribution in [-0.4, -0.2) is 17.0 Å². The Balaban J connectivity index is 2.86. The summed E-state index contributed by atoms with van der Waals surface area (Å²) in [5, 5.41) is 14.0. The molecule has 1 aromatic carbocycles. The Morgan fingerprint density at radius 2 is 2.33 bits per heavy atom. The number of amidine groups is 1. The lowest BCUT2D eigenvalue weighted by atomic mass is 10.0. The van der Waals surface area contributed by atoms with Crippen LogP contribution in [0.1, 0.15) is 13.3 Å². The minimum absolute atomic E-state index is 0.146. The van der Waals surface area contributed by atoms with Crippen molar-refractivity contribution in [3.05, 3.63) is 27.6 Å². The van der Waals surface area contributed by atoms with Crippen molar-refractivity contribution in [1.29, 1.82) is 0 Å². The normalized spacial score (nSPS) is 13.2. The van der Waals surface area contributed by atoms with Crippen molar-refractivity contribution >= 4 is 40.0 Å². The van der Waals surface area contributed by atoms with E-state index in [4.69, 9.17) is 10.9 Å². The van der Waals surface area contributed by atoms with Crippen LogP contribution < -0.4 is 11.1 Å². The molecule has 0 spiro atoms. The van der Waals surface area contributed by atoms with Gasteiger partial charge in [0.2, 0.25) is 5.91 Å². The number of rotatable bonds is 4. The molecule has 4 N–H and O–H groups in total. The topological polar surface area (TPSA) is 87.7 Å². The first-order valence-corrected chi connectivity index (χ1v) is 6.30. The third-order valence-electron chi connectivity index (χ3n) is 2.39. The van der Waals surface area contributed by atoms with E-state index in [2.05, 4.69) is 10.5 Å². The molecule has 0 aliphatic carbocycles. The Morgan fingerprint density at radius 1 is 1.67 bits per heavy atom. The number of oxime groups is 1. The van der Waals surface area contributed by atoms with Crippen LogP contribution in [0.25, 0.3) is 0 Å². The summed E-state index contributed by atoms with van der Waals surface area (Å²) < 4.78 is 13.5. The second-order valence-electron chi connectivity index (χ2n) is 3.60. The van der Waals surface area contributed by atoms with Crippen molar-refractivity contribution in [3.63, 3.8) is 0 Å². The number of benzene rings is 1.